The maximum Gasteiger partial charge on any atom is 0.0746 e. The molecule has 1 aliphatic carbocycles. The molecule has 20 heavy (non-hydrogen) atoms. The van der Waals surface area contributed by atoms with Crippen molar-refractivity contribution in [3.8, 4) is 0 Å². The molecule has 1 saturated carbocycles. The van der Waals surface area contributed by atoms with E-state index in [-0.39, 0.29) is 0 Å². The molecule has 0 radical (unpaired) electrons. The first-order valence-electron chi connectivity index (χ1n) is 8.67. The van der Waals surface area contributed by atoms with Gasteiger partial charge in [-0.2, -0.15) is 0 Å². The molecule has 3 N–H and O–H groups in total. The summed E-state index contributed by atoms with van der Waals surface area (Å²) in [5, 5.41) is 17.9. The highest BCUT2D eigenvalue weighted by Crippen LogP contribution is 2.32. The fraction of sp³-hybridized carbons (Fsp3) is 1.00. The SMILES string of the molecule is CC(C)CC(C)(O)CNC1CCCC1C1CCCCN1. The average Bonchev–Trinajstić information content (AvgIpc) is 2.84. The van der Waals surface area contributed by atoms with E-state index in [1.807, 2.05) is 6.92 Å². The second-order valence-corrected chi connectivity index (χ2v) is 7.73. The molecule has 0 bridgehead atoms. The fourth-order valence-corrected chi connectivity index (χ4v) is 4.27. The van der Waals surface area contributed by atoms with Gasteiger partial charge < -0.3 is 15.7 Å². The van der Waals surface area contributed by atoms with Gasteiger partial charge in [0.2, 0.25) is 0 Å². The van der Waals surface area contributed by atoms with E-state index in [4.69, 9.17) is 0 Å². The zero-order valence-electron chi connectivity index (χ0n) is 13.6. The van der Waals surface area contributed by atoms with Gasteiger partial charge >= 0.3 is 0 Å². The Balaban J connectivity index is 1.81. The first-order chi connectivity index (χ1) is 9.48. The van der Waals surface area contributed by atoms with Crippen molar-refractivity contribution in [2.24, 2.45) is 11.8 Å². The Labute approximate surface area is 124 Å². The largest absolute Gasteiger partial charge is 0.389 e. The summed E-state index contributed by atoms with van der Waals surface area (Å²) in [6, 6.07) is 1.31. The van der Waals surface area contributed by atoms with Crippen molar-refractivity contribution in [2.45, 2.75) is 83.4 Å². The second kappa shape index (κ2) is 7.24. The van der Waals surface area contributed by atoms with Crippen LogP contribution >= 0.6 is 0 Å². The molecule has 118 valence electrons. The third-order valence-electron chi connectivity index (χ3n) is 5.03. The zero-order chi connectivity index (χ0) is 14.6. The van der Waals surface area contributed by atoms with Crippen LogP contribution in [0, 0.1) is 11.8 Å². The number of nitrogens with one attached hydrogen (secondary N) is 2. The van der Waals surface area contributed by atoms with Gasteiger partial charge in [0, 0.05) is 18.6 Å². The minimum absolute atomic E-state index is 0.547. The van der Waals surface area contributed by atoms with Gasteiger partial charge in [0.05, 0.1) is 5.60 Å². The number of hydrogen-bond donors (Lipinski definition) is 3. The van der Waals surface area contributed by atoms with Crippen molar-refractivity contribution in [3.05, 3.63) is 0 Å². The highest BCUT2D eigenvalue weighted by Gasteiger charge is 2.35. The van der Waals surface area contributed by atoms with Crippen molar-refractivity contribution >= 4 is 0 Å². The summed E-state index contributed by atoms with van der Waals surface area (Å²) in [5.41, 5.74) is -0.568. The lowest BCUT2D eigenvalue weighted by molar-refractivity contribution is 0.0337. The lowest BCUT2D eigenvalue weighted by atomic mass is 9.87. The van der Waals surface area contributed by atoms with Crippen molar-refractivity contribution < 1.29 is 5.11 Å². The van der Waals surface area contributed by atoms with Gasteiger partial charge in [-0.25, -0.2) is 0 Å². The van der Waals surface area contributed by atoms with E-state index in [1.165, 1.54) is 45.1 Å². The lowest BCUT2D eigenvalue weighted by Crippen LogP contribution is -2.50. The highest BCUT2D eigenvalue weighted by molar-refractivity contribution is 4.93. The van der Waals surface area contributed by atoms with E-state index in [2.05, 4.69) is 24.5 Å². The van der Waals surface area contributed by atoms with Gasteiger partial charge in [-0.15, -0.1) is 0 Å². The minimum Gasteiger partial charge on any atom is -0.389 e. The van der Waals surface area contributed by atoms with Crippen molar-refractivity contribution in [1.29, 1.82) is 0 Å². The van der Waals surface area contributed by atoms with Gasteiger partial charge in [-0.05, 0) is 57.4 Å². The van der Waals surface area contributed by atoms with Crippen LogP contribution in [0.3, 0.4) is 0 Å². The van der Waals surface area contributed by atoms with Crippen LogP contribution in [-0.2, 0) is 0 Å². The Bertz CT molecular complexity index is 285. The summed E-state index contributed by atoms with van der Waals surface area (Å²) in [5.74, 6) is 1.32. The van der Waals surface area contributed by atoms with Crippen molar-refractivity contribution in [3.63, 3.8) is 0 Å². The summed E-state index contributed by atoms with van der Waals surface area (Å²) in [4.78, 5) is 0. The fourth-order valence-electron chi connectivity index (χ4n) is 4.27. The van der Waals surface area contributed by atoms with Gasteiger partial charge in [-0.1, -0.05) is 26.7 Å². The first kappa shape index (κ1) is 16.3. The molecule has 0 aromatic carbocycles. The van der Waals surface area contributed by atoms with Crippen LogP contribution in [0.25, 0.3) is 0 Å². The van der Waals surface area contributed by atoms with Gasteiger partial charge in [0.25, 0.3) is 0 Å². The summed E-state index contributed by atoms with van der Waals surface area (Å²) < 4.78 is 0. The van der Waals surface area contributed by atoms with Gasteiger partial charge in [0.1, 0.15) is 0 Å². The van der Waals surface area contributed by atoms with Crippen LogP contribution in [-0.4, -0.2) is 35.9 Å². The molecule has 1 heterocycles. The third-order valence-corrected chi connectivity index (χ3v) is 5.03. The van der Waals surface area contributed by atoms with Crippen LogP contribution in [0.5, 0.6) is 0 Å². The maximum atomic E-state index is 10.5. The molecular weight excluding hydrogens is 248 g/mol. The third kappa shape index (κ3) is 4.71. The Hall–Kier alpha value is -0.120. The minimum atomic E-state index is -0.568. The standard InChI is InChI=1S/C17H34N2O/c1-13(2)11-17(3,20)12-19-16-9-6-7-14(16)15-8-4-5-10-18-15/h13-16,18-20H,4-12H2,1-3H3. The molecule has 1 saturated heterocycles. The van der Waals surface area contributed by atoms with E-state index < -0.39 is 5.60 Å². The van der Waals surface area contributed by atoms with Crippen molar-refractivity contribution in [2.75, 3.05) is 13.1 Å². The van der Waals surface area contributed by atoms with E-state index in [1.54, 1.807) is 0 Å². The Morgan fingerprint density at radius 2 is 2.00 bits per heavy atom. The zero-order valence-corrected chi connectivity index (χ0v) is 13.6. The number of rotatable bonds is 6. The Morgan fingerprint density at radius 1 is 1.20 bits per heavy atom. The quantitative estimate of drug-likeness (QED) is 0.702. The van der Waals surface area contributed by atoms with Crippen LogP contribution in [0.4, 0.5) is 0 Å². The van der Waals surface area contributed by atoms with Crippen LogP contribution in [0.1, 0.15) is 65.7 Å². The average molecular weight is 282 g/mol. The lowest BCUT2D eigenvalue weighted by Gasteiger charge is -2.35. The molecule has 0 aromatic rings. The van der Waals surface area contributed by atoms with Crippen molar-refractivity contribution in [1.82, 2.24) is 10.6 Å². The molecular formula is C17H34N2O. The summed E-state index contributed by atoms with van der Waals surface area (Å²) in [7, 11) is 0. The second-order valence-electron chi connectivity index (χ2n) is 7.73. The topological polar surface area (TPSA) is 44.3 Å². The Kier molecular flexibility index (Phi) is 5.88. The number of piperidine rings is 1. The molecule has 0 aromatic heterocycles. The van der Waals surface area contributed by atoms with Gasteiger partial charge in [-0.3, -0.25) is 0 Å². The molecule has 0 amide bonds. The van der Waals surface area contributed by atoms with Gasteiger partial charge in [0.15, 0.2) is 0 Å². The number of hydrogen-bond acceptors (Lipinski definition) is 3. The molecule has 2 aliphatic rings. The molecule has 4 atom stereocenters. The van der Waals surface area contributed by atoms with Crippen LogP contribution < -0.4 is 10.6 Å². The van der Waals surface area contributed by atoms with Crippen LogP contribution in [0.15, 0.2) is 0 Å². The predicted octanol–water partition coefficient (Wildman–Crippen LogP) is 2.68. The summed E-state index contributed by atoms with van der Waals surface area (Å²) >= 11 is 0. The van der Waals surface area contributed by atoms with E-state index in [0.29, 0.717) is 18.0 Å². The monoisotopic (exact) mass is 282 g/mol. The highest BCUT2D eigenvalue weighted by atomic mass is 16.3. The molecule has 0 spiro atoms. The summed E-state index contributed by atoms with van der Waals surface area (Å²) in [6.45, 7) is 8.26. The maximum absolute atomic E-state index is 10.5. The Morgan fingerprint density at radius 3 is 2.65 bits per heavy atom. The molecule has 3 nitrogen and oxygen atoms in total. The smallest absolute Gasteiger partial charge is 0.0746 e. The van der Waals surface area contributed by atoms with Crippen LogP contribution in [0.2, 0.25) is 0 Å². The van der Waals surface area contributed by atoms with E-state index in [9.17, 15) is 5.11 Å². The first-order valence-corrected chi connectivity index (χ1v) is 8.67. The molecule has 1 aliphatic heterocycles. The molecule has 2 rings (SSSR count). The predicted molar refractivity (Wildman–Crippen MR) is 84.9 cm³/mol. The van der Waals surface area contributed by atoms with E-state index >= 15 is 0 Å². The number of aliphatic hydroxyl groups is 1. The summed E-state index contributed by atoms with van der Waals surface area (Å²) in [6.07, 6.45) is 8.90. The molecule has 2 fully saturated rings. The normalized spacial score (nSPS) is 34.4. The van der Waals surface area contributed by atoms with E-state index in [0.717, 1.165) is 18.9 Å². The molecule has 3 heteroatoms. The molecule has 4 unspecified atom stereocenters.